The molecule has 0 atom stereocenters. The van der Waals surface area contributed by atoms with Gasteiger partial charge in [0.2, 0.25) is 5.91 Å². The molecule has 1 heterocycles. The highest BCUT2D eigenvalue weighted by Crippen LogP contribution is 2.33. The number of carbonyl (C=O) groups is 1. The number of hydrogen-bond acceptors (Lipinski definition) is 2. The van der Waals surface area contributed by atoms with Crippen molar-refractivity contribution in [1.82, 2.24) is 0 Å². The van der Waals surface area contributed by atoms with Crippen molar-refractivity contribution in [3.63, 3.8) is 0 Å². The topological polar surface area (TPSA) is 41.1 Å². The van der Waals surface area contributed by atoms with Crippen LogP contribution in [-0.2, 0) is 17.8 Å². The first-order valence-corrected chi connectivity index (χ1v) is 6.92. The van der Waals surface area contributed by atoms with E-state index >= 15 is 0 Å². The van der Waals surface area contributed by atoms with E-state index in [2.05, 4.69) is 29.7 Å². The summed E-state index contributed by atoms with van der Waals surface area (Å²) in [7, 11) is 0. The molecule has 20 heavy (non-hydrogen) atoms. The van der Waals surface area contributed by atoms with Crippen LogP contribution in [0.2, 0.25) is 5.02 Å². The van der Waals surface area contributed by atoms with Gasteiger partial charge >= 0.3 is 0 Å². The van der Waals surface area contributed by atoms with Gasteiger partial charge in [0, 0.05) is 12.2 Å². The van der Waals surface area contributed by atoms with Gasteiger partial charge in [-0.1, -0.05) is 35.9 Å². The smallest absolute Gasteiger partial charge is 0.228 e. The normalized spacial score (nSPS) is 13.0. The summed E-state index contributed by atoms with van der Waals surface area (Å²) >= 11 is 6.25. The Morgan fingerprint density at radius 1 is 1.30 bits per heavy atom. The first kappa shape index (κ1) is 13.0. The Morgan fingerprint density at radius 2 is 2.10 bits per heavy atom. The van der Waals surface area contributed by atoms with Crippen molar-refractivity contribution in [1.29, 1.82) is 0 Å². The van der Waals surface area contributed by atoms with Crippen molar-refractivity contribution >= 4 is 28.9 Å². The predicted octanol–water partition coefficient (Wildman–Crippen LogP) is 3.76. The monoisotopic (exact) mass is 286 g/mol. The predicted molar refractivity (Wildman–Crippen MR) is 82.3 cm³/mol. The highest BCUT2D eigenvalue weighted by atomic mass is 35.5. The summed E-state index contributed by atoms with van der Waals surface area (Å²) in [5, 5.41) is 6.77. The van der Waals surface area contributed by atoms with E-state index in [1.54, 1.807) is 0 Å². The first-order chi connectivity index (χ1) is 9.63. The Bertz CT molecular complexity index is 682. The van der Waals surface area contributed by atoms with Crippen LogP contribution < -0.4 is 10.6 Å². The van der Waals surface area contributed by atoms with Crippen LogP contribution in [0.25, 0.3) is 0 Å². The maximum atomic E-state index is 11.4. The zero-order valence-electron chi connectivity index (χ0n) is 11.2. The van der Waals surface area contributed by atoms with Crippen LogP contribution in [0.3, 0.4) is 0 Å². The Kier molecular flexibility index (Phi) is 3.36. The fourth-order valence-corrected chi connectivity index (χ4v) is 2.61. The van der Waals surface area contributed by atoms with Gasteiger partial charge in [0.05, 0.1) is 17.1 Å². The van der Waals surface area contributed by atoms with E-state index in [4.69, 9.17) is 11.6 Å². The van der Waals surface area contributed by atoms with Crippen LogP contribution in [0.5, 0.6) is 0 Å². The van der Waals surface area contributed by atoms with Gasteiger partial charge in [0.25, 0.3) is 0 Å². The van der Waals surface area contributed by atoms with E-state index in [0.29, 0.717) is 18.0 Å². The molecule has 102 valence electrons. The van der Waals surface area contributed by atoms with E-state index in [0.717, 1.165) is 16.9 Å². The molecule has 0 saturated heterocycles. The molecule has 4 heteroatoms. The van der Waals surface area contributed by atoms with Gasteiger partial charge in [-0.3, -0.25) is 4.79 Å². The second-order valence-corrected chi connectivity index (χ2v) is 5.40. The van der Waals surface area contributed by atoms with Crippen molar-refractivity contribution in [3.05, 3.63) is 58.1 Å². The van der Waals surface area contributed by atoms with Crippen molar-refractivity contribution in [3.8, 4) is 0 Å². The second-order valence-electron chi connectivity index (χ2n) is 4.99. The summed E-state index contributed by atoms with van der Waals surface area (Å²) in [5.74, 6) is 0.0205. The van der Waals surface area contributed by atoms with Crippen molar-refractivity contribution < 1.29 is 4.79 Å². The third kappa shape index (κ3) is 2.49. The third-order valence-corrected chi connectivity index (χ3v) is 3.86. The number of nitrogens with one attached hydrogen (secondary N) is 2. The lowest BCUT2D eigenvalue weighted by atomic mass is 10.1. The fourth-order valence-electron chi connectivity index (χ4n) is 2.38. The molecule has 1 amide bonds. The lowest BCUT2D eigenvalue weighted by Gasteiger charge is -2.12. The Hall–Kier alpha value is -2.00. The molecule has 0 radical (unpaired) electrons. The lowest BCUT2D eigenvalue weighted by Crippen LogP contribution is -2.03. The fraction of sp³-hybridized carbons (Fsp3) is 0.188. The van der Waals surface area contributed by atoms with Crippen molar-refractivity contribution in [2.45, 2.75) is 19.9 Å². The largest absolute Gasteiger partial charge is 0.380 e. The molecule has 2 aromatic rings. The Labute approximate surface area is 123 Å². The van der Waals surface area contributed by atoms with E-state index in [9.17, 15) is 4.79 Å². The van der Waals surface area contributed by atoms with Gasteiger partial charge in [0.1, 0.15) is 0 Å². The van der Waals surface area contributed by atoms with Crippen LogP contribution >= 0.6 is 11.6 Å². The Balaban J connectivity index is 1.80. The third-order valence-electron chi connectivity index (χ3n) is 3.55. The summed E-state index contributed by atoms with van der Waals surface area (Å²) in [6.45, 7) is 2.80. The first-order valence-electron chi connectivity index (χ1n) is 6.54. The number of anilines is 2. The van der Waals surface area contributed by atoms with E-state index in [1.165, 1.54) is 11.1 Å². The maximum Gasteiger partial charge on any atom is 0.228 e. The van der Waals surface area contributed by atoms with Crippen molar-refractivity contribution in [2.24, 2.45) is 0 Å². The highest BCUT2D eigenvalue weighted by Gasteiger charge is 2.19. The number of hydrogen-bond donors (Lipinski definition) is 2. The molecule has 0 spiro atoms. The molecular weight excluding hydrogens is 272 g/mol. The van der Waals surface area contributed by atoms with Gasteiger partial charge < -0.3 is 10.6 Å². The Morgan fingerprint density at radius 3 is 2.90 bits per heavy atom. The average Bonchev–Trinajstić information content (AvgIpc) is 2.76. The molecule has 0 unspecified atom stereocenters. The van der Waals surface area contributed by atoms with Crippen LogP contribution in [0.4, 0.5) is 11.4 Å². The molecule has 2 N–H and O–H groups in total. The second kappa shape index (κ2) is 5.17. The molecule has 1 aliphatic heterocycles. The zero-order valence-corrected chi connectivity index (χ0v) is 11.9. The quantitative estimate of drug-likeness (QED) is 0.902. The molecule has 0 bridgehead atoms. The van der Waals surface area contributed by atoms with Crippen molar-refractivity contribution in [2.75, 3.05) is 10.6 Å². The average molecular weight is 287 g/mol. The number of aryl methyl sites for hydroxylation is 1. The minimum absolute atomic E-state index is 0.0205. The van der Waals surface area contributed by atoms with E-state index < -0.39 is 0 Å². The van der Waals surface area contributed by atoms with Gasteiger partial charge in [-0.2, -0.15) is 0 Å². The van der Waals surface area contributed by atoms with E-state index in [-0.39, 0.29) is 5.91 Å². The molecule has 0 aromatic heterocycles. The maximum absolute atomic E-state index is 11.4. The number of halogens is 1. The van der Waals surface area contributed by atoms with Gasteiger partial charge in [0.15, 0.2) is 0 Å². The molecule has 0 saturated carbocycles. The van der Waals surface area contributed by atoms with Crippen LogP contribution in [0, 0.1) is 6.92 Å². The van der Waals surface area contributed by atoms with Gasteiger partial charge in [-0.25, -0.2) is 0 Å². The molecule has 1 aliphatic rings. The van der Waals surface area contributed by atoms with Gasteiger partial charge in [-0.15, -0.1) is 0 Å². The van der Waals surface area contributed by atoms with E-state index in [1.807, 2.05) is 24.3 Å². The summed E-state index contributed by atoms with van der Waals surface area (Å²) in [4.78, 5) is 11.4. The molecule has 0 aliphatic carbocycles. The standard InChI is InChI=1S/C16H15ClN2O/c1-10-4-2-3-5-11(10)9-18-15-6-12-7-16(20)19-14(12)8-13(15)17/h2-6,8,18H,7,9H2,1H3,(H,19,20). The van der Waals surface area contributed by atoms with Gasteiger partial charge in [-0.05, 0) is 35.7 Å². The molecular formula is C16H15ClN2O. The molecule has 2 aromatic carbocycles. The molecule has 3 rings (SSSR count). The van der Waals surface area contributed by atoms with Crippen LogP contribution in [0.1, 0.15) is 16.7 Å². The molecule has 3 nitrogen and oxygen atoms in total. The highest BCUT2D eigenvalue weighted by molar-refractivity contribution is 6.33. The van der Waals surface area contributed by atoms with Crippen LogP contribution in [-0.4, -0.2) is 5.91 Å². The molecule has 0 fully saturated rings. The zero-order chi connectivity index (χ0) is 14.1. The minimum Gasteiger partial charge on any atom is -0.380 e. The number of carbonyl (C=O) groups excluding carboxylic acids is 1. The lowest BCUT2D eigenvalue weighted by molar-refractivity contribution is -0.115. The summed E-state index contributed by atoms with van der Waals surface area (Å²) in [6, 6.07) is 12.0. The number of benzene rings is 2. The summed E-state index contributed by atoms with van der Waals surface area (Å²) in [5.41, 5.74) is 5.16. The minimum atomic E-state index is 0.0205. The summed E-state index contributed by atoms with van der Waals surface area (Å²) < 4.78 is 0. The number of rotatable bonds is 3. The van der Waals surface area contributed by atoms with Crippen LogP contribution in [0.15, 0.2) is 36.4 Å². The summed E-state index contributed by atoms with van der Waals surface area (Å²) in [6.07, 6.45) is 0.422. The number of fused-ring (bicyclic) bond motifs is 1. The SMILES string of the molecule is Cc1ccccc1CNc1cc2c(cc1Cl)NC(=O)C2. The number of amides is 1.